The Morgan fingerprint density at radius 2 is 2.05 bits per heavy atom. The van der Waals surface area contributed by atoms with Crippen LogP contribution in [-0.2, 0) is 10.0 Å². The average Bonchev–Trinajstić information content (AvgIpc) is 2.37. The van der Waals surface area contributed by atoms with E-state index in [0.29, 0.717) is 24.0 Å². The van der Waals surface area contributed by atoms with Crippen LogP contribution in [0.4, 0.5) is 0 Å². The number of hydrogen-bond donors (Lipinski definition) is 2. The van der Waals surface area contributed by atoms with E-state index < -0.39 is 16.0 Å². The third-order valence-corrected chi connectivity index (χ3v) is 4.53. The van der Waals surface area contributed by atoms with Crippen molar-refractivity contribution in [3.05, 3.63) is 28.8 Å². The van der Waals surface area contributed by atoms with Gasteiger partial charge in [-0.1, -0.05) is 0 Å². The van der Waals surface area contributed by atoms with E-state index in [-0.39, 0.29) is 17.0 Å². The van der Waals surface area contributed by atoms with Gasteiger partial charge in [-0.25, -0.2) is 17.9 Å². The Labute approximate surface area is 119 Å². The van der Waals surface area contributed by atoms with Crippen molar-refractivity contribution in [2.45, 2.75) is 31.6 Å². The predicted molar refractivity (Wildman–Crippen MR) is 76.1 cm³/mol. The minimum Gasteiger partial charge on any atom is -0.478 e. The Morgan fingerprint density at radius 3 is 2.60 bits per heavy atom. The lowest BCUT2D eigenvalue weighted by Crippen LogP contribution is -2.26. The van der Waals surface area contributed by atoms with Gasteiger partial charge in [-0.05, 0) is 43.5 Å². The third-order valence-electron chi connectivity index (χ3n) is 2.95. The van der Waals surface area contributed by atoms with Gasteiger partial charge in [0, 0.05) is 13.0 Å². The summed E-state index contributed by atoms with van der Waals surface area (Å²) in [6.45, 7) is 3.55. The van der Waals surface area contributed by atoms with E-state index in [2.05, 4.69) is 10.6 Å². The summed E-state index contributed by atoms with van der Waals surface area (Å²) in [5.41, 5.74) is 1.12. The number of terminal acetylenes is 1. The highest BCUT2D eigenvalue weighted by Gasteiger charge is 2.20. The highest BCUT2D eigenvalue weighted by atomic mass is 32.2. The Bertz CT molecular complexity index is 656. The maximum Gasteiger partial charge on any atom is 0.335 e. The summed E-state index contributed by atoms with van der Waals surface area (Å²) in [7, 11) is -3.73. The van der Waals surface area contributed by atoms with Crippen LogP contribution >= 0.6 is 0 Å². The van der Waals surface area contributed by atoms with E-state index in [0.717, 1.165) is 0 Å². The summed E-state index contributed by atoms with van der Waals surface area (Å²) in [6, 6.07) is 2.63. The zero-order chi connectivity index (χ0) is 15.3. The summed E-state index contributed by atoms with van der Waals surface area (Å²) in [6.07, 6.45) is 6.11. The first-order chi connectivity index (χ1) is 9.29. The lowest BCUT2D eigenvalue weighted by atomic mass is 10.1. The second kappa shape index (κ2) is 6.55. The van der Waals surface area contributed by atoms with Crippen LogP contribution in [0, 0.1) is 26.2 Å². The van der Waals surface area contributed by atoms with Crippen molar-refractivity contribution < 1.29 is 18.3 Å². The Morgan fingerprint density at radius 1 is 1.40 bits per heavy atom. The number of nitrogens with one attached hydrogen (secondary N) is 1. The lowest BCUT2D eigenvalue weighted by molar-refractivity contribution is 0.0696. The molecule has 0 atom stereocenters. The van der Waals surface area contributed by atoms with Crippen molar-refractivity contribution in [3.8, 4) is 12.3 Å². The van der Waals surface area contributed by atoms with Gasteiger partial charge in [-0.2, -0.15) is 0 Å². The number of benzene rings is 1. The van der Waals surface area contributed by atoms with E-state index in [1.807, 2.05) is 0 Å². The molecule has 0 bridgehead atoms. The molecule has 0 radical (unpaired) electrons. The average molecular weight is 295 g/mol. The van der Waals surface area contributed by atoms with Crippen LogP contribution in [0.5, 0.6) is 0 Å². The minimum absolute atomic E-state index is 0.00407. The molecule has 0 aromatic heterocycles. The maximum atomic E-state index is 12.2. The molecule has 0 aliphatic heterocycles. The standard InChI is InChI=1S/C14H17NO4S/c1-4-5-6-7-15-20(18,19)13-9-12(14(16)17)8-10(2)11(13)3/h1,8-9,15H,5-7H2,2-3H3,(H,16,17). The fourth-order valence-corrected chi connectivity index (χ4v) is 3.12. The zero-order valence-electron chi connectivity index (χ0n) is 11.4. The van der Waals surface area contributed by atoms with Crippen molar-refractivity contribution in [1.29, 1.82) is 0 Å². The number of aromatic carboxylic acids is 1. The fraction of sp³-hybridized carbons (Fsp3) is 0.357. The molecule has 0 heterocycles. The number of hydrogen-bond acceptors (Lipinski definition) is 3. The number of rotatable bonds is 6. The van der Waals surface area contributed by atoms with E-state index in [1.54, 1.807) is 13.8 Å². The number of carbonyl (C=O) groups is 1. The minimum atomic E-state index is -3.73. The van der Waals surface area contributed by atoms with Crippen molar-refractivity contribution in [3.63, 3.8) is 0 Å². The van der Waals surface area contributed by atoms with E-state index in [4.69, 9.17) is 11.5 Å². The second-order valence-corrected chi connectivity index (χ2v) is 6.16. The van der Waals surface area contributed by atoms with Crippen LogP contribution in [0.3, 0.4) is 0 Å². The molecule has 0 saturated carbocycles. The molecule has 0 saturated heterocycles. The summed E-state index contributed by atoms with van der Waals surface area (Å²) in [5.74, 6) is 1.27. The Hall–Kier alpha value is -1.84. The van der Waals surface area contributed by atoms with Crippen LogP contribution in [-0.4, -0.2) is 26.0 Å². The first-order valence-corrected chi connectivity index (χ1v) is 7.55. The highest BCUT2D eigenvalue weighted by Crippen LogP contribution is 2.21. The van der Waals surface area contributed by atoms with Crippen LogP contribution in [0.1, 0.15) is 34.3 Å². The molecule has 1 aromatic rings. The molecule has 5 nitrogen and oxygen atoms in total. The van der Waals surface area contributed by atoms with Crippen LogP contribution in [0.2, 0.25) is 0 Å². The molecule has 0 spiro atoms. The zero-order valence-corrected chi connectivity index (χ0v) is 12.3. The Kier molecular flexibility index (Phi) is 5.31. The monoisotopic (exact) mass is 295 g/mol. The molecular formula is C14H17NO4S. The van der Waals surface area contributed by atoms with Crippen LogP contribution in [0.15, 0.2) is 17.0 Å². The predicted octanol–water partition coefficient (Wildman–Crippen LogP) is 1.69. The van der Waals surface area contributed by atoms with Gasteiger partial charge in [0.1, 0.15) is 0 Å². The summed E-state index contributed by atoms with van der Waals surface area (Å²) in [5, 5.41) is 9.00. The molecule has 0 aliphatic rings. The molecule has 0 aliphatic carbocycles. The smallest absolute Gasteiger partial charge is 0.335 e. The molecular weight excluding hydrogens is 278 g/mol. The quantitative estimate of drug-likeness (QED) is 0.618. The SMILES string of the molecule is C#CCCCNS(=O)(=O)c1cc(C(=O)O)cc(C)c1C. The maximum absolute atomic E-state index is 12.2. The van der Waals surface area contributed by atoms with Gasteiger partial charge in [0.2, 0.25) is 10.0 Å². The Balaban J connectivity index is 3.11. The van der Waals surface area contributed by atoms with Crippen LogP contribution in [0.25, 0.3) is 0 Å². The topological polar surface area (TPSA) is 83.5 Å². The number of aryl methyl sites for hydroxylation is 1. The first-order valence-electron chi connectivity index (χ1n) is 6.07. The molecule has 20 heavy (non-hydrogen) atoms. The van der Waals surface area contributed by atoms with Gasteiger partial charge in [-0.3, -0.25) is 0 Å². The van der Waals surface area contributed by atoms with E-state index >= 15 is 0 Å². The van der Waals surface area contributed by atoms with Crippen molar-refractivity contribution in [2.24, 2.45) is 0 Å². The largest absolute Gasteiger partial charge is 0.478 e. The first kappa shape index (κ1) is 16.2. The van der Waals surface area contributed by atoms with Crippen LogP contribution < -0.4 is 4.72 Å². The highest BCUT2D eigenvalue weighted by molar-refractivity contribution is 7.89. The van der Waals surface area contributed by atoms with Gasteiger partial charge in [0.15, 0.2) is 0 Å². The molecule has 108 valence electrons. The number of carboxylic acids is 1. The second-order valence-electron chi connectivity index (χ2n) is 4.43. The number of unbranched alkanes of at least 4 members (excludes halogenated alkanes) is 1. The molecule has 0 unspecified atom stereocenters. The molecule has 0 fully saturated rings. The summed E-state index contributed by atoms with van der Waals surface area (Å²) >= 11 is 0. The van der Waals surface area contributed by atoms with Crippen molar-refractivity contribution >= 4 is 16.0 Å². The molecule has 1 rings (SSSR count). The third kappa shape index (κ3) is 3.83. The molecule has 6 heteroatoms. The summed E-state index contributed by atoms with van der Waals surface area (Å²) < 4.78 is 26.8. The van der Waals surface area contributed by atoms with Crippen molar-refractivity contribution in [2.75, 3.05) is 6.54 Å². The van der Waals surface area contributed by atoms with Gasteiger partial charge in [0.25, 0.3) is 0 Å². The van der Waals surface area contributed by atoms with Gasteiger partial charge in [-0.15, -0.1) is 12.3 Å². The number of carboxylic acid groups (broad SMARTS) is 1. The van der Waals surface area contributed by atoms with E-state index in [9.17, 15) is 13.2 Å². The molecule has 1 aromatic carbocycles. The fourth-order valence-electron chi connectivity index (χ4n) is 1.70. The van der Waals surface area contributed by atoms with Gasteiger partial charge >= 0.3 is 5.97 Å². The van der Waals surface area contributed by atoms with Gasteiger partial charge in [0.05, 0.1) is 10.5 Å². The van der Waals surface area contributed by atoms with E-state index in [1.165, 1.54) is 12.1 Å². The van der Waals surface area contributed by atoms with Gasteiger partial charge < -0.3 is 5.11 Å². The lowest BCUT2D eigenvalue weighted by Gasteiger charge is -2.12. The summed E-state index contributed by atoms with van der Waals surface area (Å²) in [4.78, 5) is 11.0. The molecule has 2 N–H and O–H groups in total. The molecule has 0 amide bonds. The van der Waals surface area contributed by atoms with Crippen molar-refractivity contribution in [1.82, 2.24) is 4.72 Å². The number of sulfonamides is 1. The normalized spacial score (nSPS) is 11.1.